The Kier molecular flexibility index (Phi) is 7.50. The van der Waals surface area contributed by atoms with Crippen molar-refractivity contribution in [1.82, 2.24) is 0 Å². The van der Waals surface area contributed by atoms with Gasteiger partial charge in [-0.1, -0.05) is 35.3 Å². The molecule has 0 aliphatic rings. The van der Waals surface area contributed by atoms with E-state index in [9.17, 15) is 0 Å². The second kappa shape index (κ2) is 9.62. The summed E-state index contributed by atoms with van der Waals surface area (Å²) in [5.74, 6) is 1.88. The molecule has 2 rings (SSSR count). The van der Waals surface area contributed by atoms with Crippen LogP contribution < -0.4 is 14.2 Å². The molecule has 0 aliphatic heterocycles. The molecule has 0 bridgehead atoms. The molecule has 0 N–H and O–H groups in total. The van der Waals surface area contributed by atoms with Gasteiger partial charge in [0.25, 0.3) is 0 Å². The minimum Gasteiger partial charge on any atom is -0.493 e. The van der Waals surface area contributed by atoms with Gasteiger partial charge in [0.2, 0.25) is 0 Å². The fourth-order valence-corrected chi connectivity index (χ4v) is 2.78. The molecule has 0 aliphatic carbocycles. The van der Waals surface area contributed by atoms with Gasteiger partial charge in [0, 0.05) is 0 Å². The molecule has 0 spiro atoms. The number of hydrogen-bond donors (Lipinski definition) is 0. The normalized spacial score (nSPS) is 10.5. The molecular weight excluding hydrogens is 351 g/mol. The highest BCUT2D eigenvalue weighted by Gasteiger charge is 2.08. The zero-order valence-electron chi connectivity index (χ0n) is 13.7. The van der Waals surface area contributed by atoms with Crippen LogP contribution in [0, 0.1) is 6.92 Å². The average Bonchev–Trinajstić information content (AvgIpc) is 2.56. The smallest absolute Gasteiger partial charge is 0.161 e. The van der Waals surface area contributed by atoms with Gasteiger partial charge >= 0.3 is 0 Å². The number of aryl methyl sites for hydroxylation is 1. The highest BCUT2D eigenvalue weighted by Crippen LogP contribution is 2.33. The first-order valence-corrected chi connectivity index (χ1v) is 8.29. The summed E-state index contributed by atoms with van der Waals surface area (Å²) in [7, 11) is 1.61. The standard InChI is InChI=1S/C18H20Cl2O4/c1-13-11-14(19)18(15(20)12-13)24-10-8-22-7-9-23-17-6-4-3-5-16(17)21-2/h3-6,11-12H,7-10H2,1-2H3. The largest absolute Gasteiger partial charge is 0.493 e. The molecule has 0 heterocycles. The number of hydrogen-bond acceptors (Lipinski definition) is 4. The zero-order chi connectivity index (χ0) is 17.4. The van der Waals surface area contributed by atoms with E-state index in [0.717, 1.165) is 5.56 Å². The van der Waals surface area contributed by atoms with Crippen molar-refractivity contribution < 1.29 is 18.9 Å². The van der Waals surface area contributed by atoms with E-state index in [1.165, 1.54) is 0 Å². The number of methoxy groups -OCH3 is 1. The van der Waals surface area contributed by atoms with E-state index in [-0.39, 0.29) is 0 Å². The van der Waals surface area contributed by atoms with E-state index in [1.807, 2.05) is 43.3 Å². The molecule has 0 saturated carbocycles. The Morgan fingerprint density at radius 1 is 0.833 bits per heavy atom. The van der Waals surface area contributed by atoms with Crippen LogP contribution in [0.1, 0.15) is 5.56 Å². The molecule has 4 nitrogen and oxygen atoms in total. The topological polar surface area (TPSA) is 36.9 Å². The number of rotatable bonds is 9. The van der Waals surface area contributed by atoms with Crippen LogP contribution >= 0.6 is 23.2 Å². The van der Waals surface area contributed by atoms with Crippen LogP contribution in [0.3, 0.4) is 0 Å². The third kappa shape index (κ3) is 5.48. The third-order valence-corrected chi connectivity index (χ3v) is 3.73. The Morgan fingerprint density at radius 3 is 2.04 bits per heavy atom. The number of ether oxygens (including phenoxy) is 4. The van der Waals surface area contributed by atoms with Crippen LogP contribution in [0.4, 0.5) is 0 Å². The fraction of sp³-hybridized carbons (Fsp3) is 0.333. The molecule has 0 radical (unpaired) electrons. The van der Waals surface area contributed by atoms with Crippen LogP contribution in [-0.2, 0) is 4.74 Å². The summed E-state index contributed by atoms with van der Waals surface area (Å²) in [6.07, 6.45) is 0. The van der Waals surface area contributed by atoms with Gasteiger partial charge in [0.1, 0.15) is 13.2 Å². The van der Waals surface area contributed by atoms with Gasteiger partial charge < -0.3 is 18.9 Å². The second-order valence-electron chi connectivity index (χ2n) is 5.02. The molecule has 130 valence electrons. The van der Waals surface area contributed by atoms with Crippen LogP contribution in [-0.4, -0.2) is 33.5 Å². The molecule has 2 aromatic rings. The highest BCUT2D eigenvalue weighted by molar-refractivity contribution is 6.37. The summed E-state index contributed by atoms with van der Waals surface area (Å²) in [4.78, 5) is 0. The first-order valence-electron chi connectivity index (χ1n) is 7.54. The van der Waals surface area contributed by atoms with E-state index in [1.54, 1.807) is 7.11 Å². The van der Waals surface area contributed by atoms with Gasteiger partial charge in [-0.15, -0.1) is 0 Å². The number of benzene rings is 2. The molecule has 2 aromatic carbocycles. The Balaban J connectivity index is 1.65. The van der Waals surface area contributed by atoms with Gasteiger partial charge in [-0.05, 0) is 36.8 Å². The lowest BCUT2D eigenvalue weighted by molar-refractivity contribution is 0.0758. The van der Waals surface area contributed by atoms with Crippen molar-refractivity contribution in [2.24, 2.45) is 0 Å². The highest BCUT2D eigenvalue weighted by atomic mass is 35.5. The maximum absolute atomic E-state index is 6.11. The van der Waals surface area contributed by atoms with Crippen LogP contribution in [0.25, 0.3) is 0 Å². The SMILES string of the molecule is COc1ccccc1OCCOCCOc1c(Cl)cc(C)cc1Cl. The summed E-state index contributed by atoms with van der Waals surface area (Å²) >= 11 is 12.2. The van der Waals surface area contributed by atoms with Crippen LogP contribution in [0.2, 0.25) is 10.0 Å². The Morgan fingerprint density at radius 2 is 1.42 bits per heavy atom. The summed E-state index contributed by atoms with van der Waals surface area (Å²) in [5.41, 5.74) is 0.988. The molecule has 0 fully saturated rings. The van der Waals surface area contributed by atoms with Crippen molar-refractivity contribution in [2.45, 2.75) is 6.92 Å². The lowest BCUT2D eigenvalue weighted by Crippen LogP contribution is -2.12. The summed E-state index contributed by atoms with van der Waals surface area (Å²) < 4.78 is 21.9. The van der Waals surface area contributed by atoms with Gasteiger partial charge in [-0.3, -0.25) is 0 Å². The number of halogens is 2. The average molecular weight is 371 g/mol. The molecule has 0 atom stereocenters. The maximum atomic E-state index is 6.11. The first-order chi connectivity index (χ1) is 11.6. The van der Waals surface area contributed by atoms with Crippen molar-refractivity contribution >= 4 is 23.2 Å². The summed E-state index contributed by atoms with van der Waals surface area (Å²) in [6, 6.07) is 11.1. The van der Waals surface area contributed by atoms with Crippen LogP contribution in [0.15, 0.2) is 36.4 Å². The van der Waals surface area contributed by atoms with E-state index >= 15 is 0 Å². The van der Waals surface area contributed by atoms with Crippen molar-refractivity contribution in [1.29, 1.82) is 0 Å². The predicted octanol–water partition coefficient (Wildman–Crippen LogP) is 4.78. The van der Waals surface area contributed by atoms with Crippen LogP contribution in [0.5, 0.6) is 17.2 Å². The monoisotopic (exact) mass is 370 g/mol. The first kappa shape index (κ1) is 18.7. The van der Waals surface area contributed by atoms with E-state index in [4.69, 9.17) is 42.1 Å². The van der Waals surface area contributed by atoms with E-state index in [0.29, 0.717) is 53.7 Å². The third-order valence-electron chi connectivity index (χ3n) is 3.17. The molecule has 6 heteroatoms. The van der Waals surface area contributed by atoms with Gasteiger partial charge in [0.05, 0.1) is 30.4 Å². The van der Waals surface area contributed by atoms with Gasteiger partial charge in [-0.2, -0.15) is 0 Å². The molecule has 0 aromatic heterocycles. The van der Waals surface area contributed by atoms with Crippen molar-refractivity contribution in [3.8, 4) is 17.2 Å². The minimum atomic E-state index is 0.358. The summed E-state index contributed by atoms with van der Waals surface area (Å²) in [6.45, 7) is 3.56. The van der Waals surface area contributed by atoms with Gasteiger partial charge in [0.15, 0.2) is 17.2 Å². The molecule has 0 saturated heterocycles. The fourth-order valence-electron chi connectivity index (χ4n) is 2.08. The van der Waals surface area contributed by atoms with E-state index in [2.05, 4.69) is 0 Å². The molecule has 0 amide bonds. The number of para-hydroxylation sites is 2. The Bertz CT molecular complexity index is 638. The minimum absolute atomic E-state index is 0.358. The lowest BCUT2D eigenvalue weighted by Gasteiger charge is -2.12. The van der Waals surface area contributed by atoms with Crippen molar-refractivity contribution in [3.05, 3.63) is 52.0 Å². The zero-order valence-corrected chi connectivity index (χ0v) is 15.2. The van der Waals surface area contributed by atoms with Crippen molar-refractivity contribution in [2.75, 3.05) is 33.5 Å². The molecular formula is C18H20Cl2O4. The summed E-state index contributed by atoms with van der Waals surface area (Å²) in [5, 5.41) is 0.999. The predicted molar refractivity (Wildman–Crippen MR) is 96.0 cm³/mol. The molecule has 0 unspecified atom stereocenters. The second-order valence-corrected chi connectivity index (χ2v) is 5.83. The quantitative estimate of drug-likeness (QED) is 0.595. The maximum Gasteiger partial charge on any atom is 0.161 e. The lowest BCUT2D eigenvalue weighted by atomic mass is 10.2. The van der Waals surface area contributed by atoms with Crippen molar-refractivity contribution in [3.63, 3.8) is 0 Å². The molecule has 24 heavy (non-hydrogen) atoms. The Labute approximate surface area is 152 Å². The Hall–Kier alpha value is -1.62. The van der Waals surface area contributed by atoms with E-state index < -0.39 is 0 Å². The van der Waals surface area contributed by atoms with Gasteiger partial charge in [-0.25, -0.2) is 0 Å².